The van der Waals surface area contributed by atoms with Crippen molar-refractivity contribution in [3.63, 3.8) is 0 Å². The Morgan fingerprint density at radius 1 is 1.19 bits per heavy atom. The van der Waals surface area contributed by atoms with Crippen molar-refractivity contribution >= 4 is 29.9 Å². The van der Waals surface area contributed by atoms with E-state index >= 15 is 0 Å². The van der Waals surface area contributed by atoms with Crippen LogP contribution in [0.15, 0.2) is 4.99 Å². The highest BCUT2D eigenvalue weighted by Gasteiger charge is 2.22. The lowest BCUT2D eigenvalue weighted by Gasteiger charge is -2.22. The highest BCUT2D eigenvalue weighted by atomic mass is 127. The number of nitrogens with zero attached hydrogens (tertiary/aromatic N) is 3. The largest absolute Gasteiger partial charge is 0.391 e. The Bertz CT molecular complexity index is 306. The molecule has 2 heterocycles. The standard InChI is InChI=1S/C15H30N4O.HI/c1-2-16-15(19-11-7-14(20)13-19)17-8-12-18-9-5-3-4-6-10-18;/h14,20H,2-13H2,1H3,(H,16,17);1H/t14-;/m1./s1. The minimum absolute atomic E-state index is 0. The number of aliphatic hydroxyl groups excluding tert-OH is 1. The number of aliphatic hydroxyl groups is 1. The van der Waals surface area contributed by atoms with E-state index in [9.17, 15) is 5.11 Å². The van der Waals surface area contributed by atoms with Gasteiger partial charge in [0.1, 0.15) is 0 Å². The fourth-order valence-electron chi connectivity index (χ4n) is 3.02. The predicted octanol–water partition coefficient (Wildman–Crippen LogP) is 1.51. The summed E-state index contributed by atoms with van der Waals surface area (Å²) < 4.78 is 0. The lowest BCUT2D eigenvalue weighted by atomic mass is 10.2. The number of aliphatic imine (C=N–C) groups is 1. The van der Waals surface area contributed by atoms with Crippen molar-refractivity contribution in [1.29, 1.82) is 0 Å². The molecule has 0 aromatic heterocycles. The lowest BCUT2D eigenvalue weighted by molar-refractivity contribution is 0.187. The van der Waals surface area contributed by atoms with E-state index in [4.69, 9.17) is 4.99 Å². The average molecular weight is 410 g/mol. The molecule has 0 aromatic rings. The van der Waals surface area contributed by atoms with Crippen molar-refractivity contribution in [2.75, 3.05) is 45.8 Å². The van der Waals surface area contributed by atoms with Crippen LogP contribution in [0.25, 0.3) is 0 Å². The van der Waals surface area contributed by atoms with Crippen molar-refractivity contribution in [2.24, 2.45) is 4.99 Å². The molecule has 2 N–H and O–H groups in total. The first-order valence-corrected chi connectivity index (χ1v) is 8.23. The average Bonchev–Trinajstić information content (AvgIpc) is 2.72. The summed E-state index contributed by atoms with van der Waals surface area (Å²) in [5.41, 5.74) is 0. The van der Waals surface area contributed by atoms with Crippen molar-refractivity contribution in [3.05, 3.63) is 0 Å². The van der Waals surface area contributed by atoms with E-state index in [1.807, 2.05) is 0 Å². The number of likely N-dealkylation sites (tertiary alicyclic amines) is 2. The number of rotatable bonds is 4. The summed E-state index contributed by atoms with van der Waals surface area (Å²) in [5.74, 6) is 0.971. The first-order valence-electron chi connectivity index (χ1n) is 8.23. The number of guanidine groups is 1. The van der Waals surface area contributed by atoms with Gasteiger partial charge in [0.2, 0.25) is 0 Å². The van der Waals surface area contributed by atoms with Gasteiger partial charge in [-0.2, -0.15) is 0 Å². The molecule has 2 rings (SSSR count). The maximum absolute atomic E-state index is 9.64. The maximum Gasteiger partial charge on any atom is 0.194 e. The molecular formula is C15H31IN4O. The van der Waals surface area contributed by atoms with E-state index < -0.39 is 0 Å². The molecule has 6 heteroatoms. The fraction of sp³-hybridized carbons (Fsp3) is 0.933. The molecule has 2 saturated heterocycles. The van der Waals surface area contributed by atoms with Gasteiger partial charge in [0.25, 0.3) is 0 Å². The van der Waals surface area contributed by atoms with Crippen LogP contribution in [0, 0.1) is 0 Å². The highest BCUT2D eigenvalue weighted by Crippen LogP contribution is 2.10. The van der Waals surface area contributed by atoms with Crippen molar-refractivity contribution in [3.8, 4) is 0 Å². The van der Waals surface area contributed by atoms with Gasteiger partial charge in [-0.25, -0.2) is 0 Å². The summed E-state index contributed by atoms with van der Waals surface area (Å²) in [4.78, 5) is 9.45. The van der Waals surface area contributed by atoms with Crippen LogP contribution in [0.1, 0.15) is 39.0 Å². The predicted molar refractivity (Wildman–Crippen MR) is 98.5 cm³/mol. The molecule has 2 fully saturated rings. The molecular weight excluding hydrogens is 379 g/mol. The zero-order valence-electron chi connectivity index (χ0n) is 13.3. The number of hydrogen-bond acceptors (Lipinski definition) is 3. The molecule has 1 atom stereocenters. The molecule has 0 bridgehead atoms. The summed E-state index contributed by atoms with van der Waals surface area (Å²) in [6.45, 7) is 8.99. The first kappa shape index (κ1) is 19.0. The Morgan fingerprint density at radius 3 is 2.48 bits per heavy atom. The van der Waals surface area contributed by atoms with Gasteiger partial charge in [-0.05, 0) is 39.3 Å². The third-order valence-electron chi connectivity index (χ3n) is 4.17. The third-order valence-corrected chi connectivity index (χ3v) is 4.17. The Morgan fingerprint density at radius 2 is 1.90 bits per heavy atom. The van der Waals surface area contributed by atoms with Gasteiger partial charge in [-0.15, -0.1) is 24.0 Å². The SMILES string of the molecule is CCNC(=NCCN1CCCCCC1)N1CC[C@@H](O)C1.I. The molecule has 0 unspecified atom stereocenters. The smallest absolute Gasteiger partial charge is 0.194 e. The molecule has 21 heavy (non-hydrogen) atoms. The third kappa shape index (κ3) is 6.69. The van der Waals surface area contributed by atoms with E-state index in [0.717, 1.165) is 45.1 Å². The molecule has 5 nitrogen and oxygen atoms in total. The molecule has 2 aliphatic rings. The molecule has 0 saturated carbocycles. The molecule has 0 aromatic carbocycles. The Kier molecular flexibility index (Phi) is 9.59. The second-order valence-electron chi connectivity index (χ2n) is 5.88. The topological polar surface area (TPSA) is 51.1 Å². The maximum atomic E-state index is 9.64. The van der Waals surface area contributed by atoms with E-state index in [-0.39, 0.29) is 30.1 Å². The Labute approximate surface area is 146 Å². The molecule has 0 spiro atoms. The monoisotopic (exact) mass is 410 g/mol. The number of β-amino-alcohol motifs (C(OH)–C–C–N with tert-alkyl or cyclic N) is 1. The van der Waals surface area contributed by atoms with Crippen molar-refractivity contribution < 1.29 is 5.11 Å². The van der Waals surface area contributed by atoms with Crippen LogP contribution < -0.4 is 5.32 Å². The van der Waals surface area contributed by atoms with Gasteiger partial charge in [0, 0.05) is 26.2 Å². The molecule has 0 amide bonds. The van der Waals surface area contributed by atoms with Crippen LogP contribution >= 0.6 is 24.0 Å². The number of hydrogen-bond donors (Lipinski definition) is 2. The van der Waals surface area contributed by atoms with Gasteiger partial charge in [0.05, 0.1) is 12.6 Å². The number of halogens is 1. The van der Waals surface area contributed by atoms with Crippen molar-refractivity contribution in [2.45, 2.75) is 45.1 Å². The van der Waals surface area contributed by atoms with E-state index in [1.165, 1.54) is 38.8 Å². The van der Waals surface area contributed by atoms with Gasteiger partial charge in [-0.3, -0.25) is 4.99 Å². The molecule has 0 radical (unpaired) electrons. The Balaban J connectivity index is 0.00000220. The van der Waals surface area contributed by atoms with Crippen LogP contribution in [-0.4, -0.2) is 72.8 Å². The van der Waals surface area contributed by atoms with Gasteiger partial charge < -0.3 is 20.2 Å². The van der Waals surface area contributed by atoms with E-state index in [0.29, 0.717) is 0 Å². The van der Waals surface area contributed by atoms with Crippen LogP contribution in [0.4, 0.5) is 0 Å². The summed E-state index contributed by atoms with van der Waals surface area (Å²) in [6.07, 6.45) is 6.10. The zero-order valence-corrected chi connectivity index (χ0v) is 15.6. The minimum Gasteiger partial charge on any atom is -0.391 e. The van der Waals surface area contributed by atoms with Crippen molar-refractivity contribution in [1.82, 2.24) is 15.1 Å². The van der Waals surface area contributed by atoms with E-state index in [2.05, 4.69) is 22.0 Å². The summed E-state index contributed by atoms with van der Waals surface area (Å²) >= 11 is 0. The van der Waals surface area contributed by atoms with Gasteiger partial charge >= 0.3 is 0 Å². The van der Waals surface area contributed by atoms with Crippen LogP contribution in [0.3, 0.4) is 0 Å². The summed E-state index contributed by atoms with van der Waals surface area (Å²) in [6, 6.07) is 0. The molecule has 124 valence electrons. The normalized spacial score (nSPS) is 24.6. The van der Waals surface area contributed by atoms with Crippen LogP contribution in [0.2, 0.25) is 0 Å². The zero-order chi connectivity index (χ0) is 14.2. The molecule has 2 aliphatic heterocycles. The summed E-state index contributed by atoms with van der Waals surface area (Å²) in [7, 11) is 0. The van der Waals surface area contributed by atoms with Gasteiger partial charge in [-0.1, -0.05) is 12.8 Å². The number of nitrogens with one attached hydrogen (secondary N) is 1. The highest BCUT2D eigenvalue weighted by molar-refractivity contribution is 14.0. The lowest BCUT2D eigenvalue weighted by Crippen LogP contribution is -2.41. The molecule has 0 aliphatic carbocycles. The minimum atomic E-state index is -0.190. The second kappa shape index (κ2) is 10.6. The quantitative estimate of drug-likeness (QED) is 0.419. The Hall–Kier alpha value is -0.0800. The first-order chi connectivity index (χ1) is 9.79. The van der Waals surface area contributed by atoms with Gasteiger partial charge in [0.15, 0.2) is 5.96 Å². The second-order valence-corrected chi connectivity index (χ2v) is 5.88. The summed E-state index contributed by atoms with van der Waals surface area (Å²) in [5, 5.41) is 13.0. The van der Waals surface area contributed by atoms with Crippen LogP contribution in [0.5, 0.6) is 0 Å². The van der Waals surface area contributed by atoms with E-state index in [1.54, 1.807) is 0 Å². The van der Waals surface area contributed by atoms with Crippen LogP contribution in [-0.2, 0) is 0 Å². The fourth-order valence-corrected chi connectivity index (χ4v) is 3.02.